The summed E-state index contributed by atoms with van der Waals surface area (Å²) in [6, 6.07) is 16.7. The molecule has 2 aromatic carbocycles. The van der Waals surface area contributed by atoms with Gasteiger partial charge in [0.2, 0.25) is 17.5 Å². The van der Waals surface area contributed by atoms with E-state index in [1.54, 1.807) is 18.2 Å². The van der Waals surface area contributed by atoms with Crippen LogP contribution in [0.4, 0.5) is 5.88 Å². The standard InChI is InChI=1S/C20H18ClN3O3/c1-2-25-15-7-9-16(10-8-15)26-13-19-24-18(11-22)20(27-19)23-12-14-5-3-4-6-17(14)21/h3-10,23H,2,12-13H2,1H3. The van der Waals surface area contributed by atoms with Crippen LogP contribution in [0.25, 0.3) is 0 Å². The maximum absolute atomic E-state index is 9.26. The molecule has 0 bridgehead atoms. The van der Waals surface area contributed by atoms with E-state index >= 15 is 0 Å². The Balaban J connectivity index is 1.62. The molecule has 0 aliphatic heterocycles. The highest BCUT2D eigenvalue weighted by atomic mass is 35.5. The maximum Gasteiger partial charge on any atom is 0.236 e. The first-order valence-corrected chi connectivity index (χ1v) is 8.80. The van der Waals surface area contributed by atoms with Crippen LogP contribution in [-0.2, 0) is 13.2 Å². The predicted octanol–water partition coefficient (Wildman–Crippen LogP) is 4.79. The second-order valence-corrected chi connectivity index (χ2v) is 5.94. The van der Waals surface area contributed by atoms with E-state index in [1.165, 1.54) is 0 Å². The van der Waals surface area contributed by atoms with E-state index in [4.69, 9.17) is 25.5 Å². The van der Waals surface area contributed by atoms with Crippen LogP contribution in [0.1, 0.15) is 24.1 Å². The van der Waals surface area contributed by atoms with Crippen LogP contribution in [0, 0.1) is 11.3 Å². The largest absolute Gasteiger partial charge is 0.494 e. The molecule has 1 N–H and O–H groups in total. The average Bonchev–Trinajstić information content (AvgIpc) is 3.09. The van der Waals surface area contributed by atoms with Crippen LogP contribution in [0.3, 0.4) is 0 Å². The van der Waals surface area contributed by atoms with Crippen molar-refractivity contribution in [3.8, 4) is 17.6 Å². The van der Waals surface area contributed by atoms with Crippen LogP contribution < -0.4 is 14.8 Å². The van der Waals surface area contributed by atoms with Gasteiger partial charge in [0.05, 0.1) is 6.61 Å². The lowest BCUT2D eigenvalue weighted by Gasteiger charge is -2.06. The van der Waals surface area contributed by atoms with Gasteiger partial charge in [0, 0.05) is 11.6 Å². The zero-order valence-electron chi connectivity index (χ0n) is 14.7. The topological polar surface area (TPSA) is 80.3 Å². The number of benzene rings is 2. The maximum atomic E-state index is 9.26. The molecule has 0 aliphatic rings. The fourth-order valence-electron chi connectivity index (χ4n) is 2.38. The Morgan fingerprint density at radius 1 is 1.11 bits per heavy atom. The molecule has 0 atom stereocenters. The van der Waals surface area contributed by atoms with Gasteiger partial charge in [0.25, 0.3) is 0 Å². The highest BCUT2D eigenvalue weighted by Gasteiger charge is 2.14. The number of anilines is 1. The molecule has 0 radical (unpaired) electrons. The van der Waals surface area contributed by atoms with Gasteiger partial charge in [-0.15, -0.1) is 0 Å². The summed E-state index contributed by atoms with van der Waals surface area (Å²) in [5, 5.41) is 13.0. The van der Waals surface area contributed by atoms with Crippen LogP contribution >= 0.6 is 11.6 Å². The summed E-state index contributed by atoms with van der Waals surface area (Å²) in [6.45, 7) is 3.06. The fraction of sp³-hybridized carbons (Fsp3) is 0.200. The molecule has 138 valence electrons. The van der Waals surface area contributed by atoms with Gasteiger partial charge >= 0.3 is 0 Å². The fourth-order valence-corrected chi connectivity index (χ4v) is 2.59. The normalized spacial score (nSPS) is 10.3. The molecule has 0 saturated heterocycles. The zero-order valence-corrected chi connectivity index (χ0v) is 15.5. The number of aromatic nitrogens is 1. The van der Waals surface area contributed by atoms with E-state index in [-0.39, 0.29) is 12.3 Å². The smallest absolute Gasteiger partial charge is 0.236 e. The van der Waals surface area contributed by atoms with E-state index in [1.807, 2.05) is 43.3 Å². The molecular formula is C20H18ClN3O3. The number of ether oxygens (including phenoxy) is 2. The molecule has 1 aromatic heterocycles. The highest BCUT2D eigenvalue weighted by molar-refractivity contribution is 6.31. The van der Waals surface area contributed by atoms with E-state index in [0.29, 0.717) is 35.7 Å². The van der Waals surface area contributed by atoms with Crippen molar-refractivity contribution in [1.82, 2.24) is 4.98 Å². The van der Waals surface area contributed by atoms with Crippen LogP contribution in [-0.4, -0.2) is 11.6 Å². The molecule has 0 unspecified atom stereocenters. The molecule has 0 saturated carbocycles. The van der Waals surface area contributed by atoms with Gasteiger partial charge in [-0.25, -0.2) is 0 Å². The van der Waals surface area contributed by atoms with Gasteiger partial charge in [-0.2, -0.15) is 10.2 Å². The lowest BCUT2D eigenvalue weighted by atomic mass is 10.2. The lowest BCUT2D eigenvalue weighted by Crippen LogP contribution is -2.00. The van der Waals surface area contributed by atoms with Crippen molar-refractivity contribution in [3.05, 3.63) is 70.7 Å². The van der Waals surface area contributed by atoms with E-state index in [0.717, 1.165) is 11.3 Å². The van der Waals surface area contributed by atoms with Crippen molar-refractivity contribution in [2.75, 3.05) is 11.9 Å². The van der Waals surface area contributed by atoms with Gasteiger partial charge in [-0.1, -0.05) is 29.8 Å². The number of rotatable bonds is 8. The molecule has 3 rings (SSSR count). The molecule has 0 fully saturated rings. The summed E-state index contributed by atoms with van der Waals surface area (Å²) in [4.78, 5) is 4.15. The molecule has 6 nitrogen and oxygen atoms in total. The monoisotopic (exact) mass is 383 g/mol. The van der Waals surface area contributed by atoms with Crippen molar-refractivity contribution in [1.29, 1.82) is 5.26 Å². The van der Waals surface area contributed by atoms with Crippen LogP contribution in [0.5, 0.6) is 11.5 Å². The van der Waals surface area contributed by atoms with Crippen molar-refractivity contribution in [2.24, 2.45) is 0 Å². The first-order valence-electron chi connectivity index (χ1n) is 8.42. The van der Waals surface area contributed by atoms with E-state index < -0.39 is 0 Å². The summed E-state index contributed by atoms with van der Waals surface area (Å²) in [7, 11) is 0. The molecule has 7 heteroatoms. The summed E-state index contributed by atoms with van der Waals surface area (Å²) in [5.74, 6) is 2.03. The third-order valence-corrected chi connectivity index (χ3v) is 4.04. The number of nitrogens with zero attached hydrogens (tertiary/aromatic N) is 2. The molecule has 27 heavy (non-hydrogen) atoms. The Kier molecular flexibility index (Phi) is 6.18. The molecule has 1 heterocycles. The summed E-state index contributed by atoms with van der Waals surface area (Å²) in [5.41, 5.74) is 1.07. The predicted molar refractivity (Wildman–Crippen MR) is 102 cm³/mol. The Bertz CT molecular complexity index is 932. The Morgan fingerprint density at radius 3 is 2.48 bits per heavy atom. The Morgan fingerprint density at radius 2 is 1.81 bits per heavy atom. The molecule has 0 amide bonds. The minimum absolute atomic E-state index is 0.108. The number of hydrogen-bond donors (Lipinski definition) is 1. The number of oxazole rings is 1. The SMILES string of the molecule is CCOc1ccc(OCc2nc(C#N)c(NCc3ccccc3Cl)o2)cc1. The summed E-state index contributed by atoms with van der Waals surface area (Å²) < 4.78 is 16.7. The second kappa shape index (κ2) is 8.97. The van der Waals surface area contributed by atoms with Crippen molar-refractivity contribution < 1.29 is 13.9 Å². The van der Waals surface area contributed by atoms with Gasteiger partial charge in [-0.3, -0.25) is 0 Å². The average molecular weight is 384 g/mol. The third-order valence-electron chi connectivity index (χ3n) is 3.67. The van der Waals surface area contributed by atoms with E-state index in [2.05, 4.69) is 10.3 Å². The third kappa shape index (κ3) is 4.93. The first-order chi connectivity index (χ1) is 13.2. The van der Waals surface area contributed by atoms with Crippen molar-refractivity contribution in [2.45, 2.75) is 20.1 Å². The summed E-state index contributed by atoms with van der Waals surface area (Å²) >= 11 is 6.14. The van der Waals surface area contributed by atoms with Crippen molar-refractivity contribution >= 4 is 17.5 Å². The second-order valence-electron chi connectivity index (χ2n) is 5.54. The number of nitriles is 1. The van der Waals surface area contributed by atoms with Crippen LogP contribution in [0.15, 0.2) is 52.9 Å². The number of halogens is 1. The lowest BCUT2D eigenvalue weighted by molar-refractivity contribution is 0.264. The quantitative estimate of drug-likeness (QED) is 0.602. The molecular weight excluding hydrogens is 366 g/mol. The minimum atomic E-state index is 0.108. The summed E-state index contributed by atoms with van der Waals surface area (Å²) in [6.07, 6.45) is 0. The van der Waals surface area contributed by atoms with E-state index in [9.17, 15) is 5.26 Å². The van der Waals surface area contributed by atoms with Gasteiger partial charge < -0.3 is 19.2 Å². The molecule has 3 aromatic rings. The number of nitrogens with one attached hydrogen (secondary N) is 1. The number of hydrogen-bond acceptors (Lipinski definition) is 6. The van der Waals surface area contributed by atoms with Gasteiger partial charge in [0.1, 0.15) is 17.6 Å². The molecule has 0 spiro atoms. The molecule has 0 aliphatic carbocycles. The first kappa shape index (κ1) is 18.6. The Labute approximate surface area is 162 Å². The van der Waals surface area contributed by atoms with Gasteiger partial charge in [0.15, 0.2) is 6.61 Å². The van der Waals surface area contributed by atoms with Crippen molar-refractivity contribution in [3.63, 3.8) is 0 Å². The zero-order chi connectivity index (χ0) is 19.1. The minimum Gasteiger partial charge on any atom is -0.494 e. The Hall–Kier alpha value is -3.17. The van der Waals surface area contributed by atoms with Gasteiger partial charge in [-0.05, 0) is 42.8 Å². The van der Waals surface area contributed by atoms with Crippen LogP contribution in [0.2, 0.25) is 5.02 Å². The highest BCUT2D eigenvalue weighted by Crippen LogP contribution is 2.22.